The fourth-order valence-corrected chi connectivity index (χ4v) is 0.772. The molecule has 3 heteroatoms. The predicted molar refractivity (Wildman–Crippen MR) is 53.9 cm³/mol. The summed E-state index contributed by atoms with van der Waals surface area (Å²) in [5.41, 5.74) is 0. The average molecular weight is 198 g/mol. The van der Waals surface area contributed by atoms with Crippen molar-refractivity contribution in [3.8, 4) is 11.8 Å². The third-order valence-corrected chi connectivity index (χ3v) is 1.37. The minimum atomic E-state index is 0.0711. The molecule has 0 saturated heterocycles. The van der Waals surface area contributed by atoms with E-state index in [0.29, 0.717) is 10.8 Å². The molecule has 0 aliphatic rings. The molecule has 0 heterocycles. The molecule has 1 aromatic carbocycles. The quantitative estimate of drug-likeness (QED) is 0.729. The van der Waals surface area contributed by atoms with Crippen molar-refractivity contribution in [1.82, 2.24) is 0 Å². The van der Waals surface area contributed by atoms with E-state index in [0.717, 1.165) is 0 Å². The Hall–Kier alpha value is -1.20. The second-order valence-electron chi connectivity index (χ2n) is 1.90. The van der Waals surface area contributed by atoms with Gasteiger partial charge in [-0.3, -0.25) is 0 Å². The van der Waals surface area contributed by atoms with Crippen molar-refractivity contribution in [1.29, 1.82) is 5.26 Å². The Kier molecular flexibility index (Phi) is 6.76. The number of nitriles is 1. The third-order valence-electron chi connectivity index (χ3n) is 1.12. The second kappa shape index (κ2) is 7.45. The standard InChI is InChI=1S/C8H6ClNO.C2H6/c9-7-1-3-8(4-2-7)11-6-5-10;1-2/h1-4H,6H2;1-2H3. The lowest BCUT2D eigenvalue weighted by Gasteiger charge is -1.99. The van der Waals surface area contributed by atoms with E-state index in [-0.39, 0.29) is 6.61 Å². The fourth-order valence-electron chi connectivity index (χ4n) is 0.646. The van der Waals surface area contributed by atoms with E-state index >= 15 is 0 Å². The summed E-state index contributed by atoms with van der Waals surface area (Å²) in [6, 6.07) is 8.75. The van der Waals surface area contributed by atoms with Crippen LogP contribution in [0.1, 0.15) is 13.8 Å². The van der Waals surface area contributed by atoms with Gasteiger partial charge < -0.3 is 4.74 Å². The van der Waals surface area contributed by atoms with Crippen molar-refractivity contribution in [3.63, 3.8) is 0 Å². The van der Waals surface area contributed by atoms with Crippen LogP contribution >= 0.6 is 11.6 Å². The van der Waals surface area contributed by atoms with E-state index in [9.17, 15) is 0 Å². The molecule has 0 aromatic heterocycles. The van der Waals surface area contributed by atoms with E-state index in [2.05, 4.69) is 0 Å². The molecule has 0 bridgehead atoms. The van der Waals surface area contributed by atoms with Gasteiger partial charge in [0.1, 0.15) is 11.8 Å². The zero-order chi connectivity index (χ0) is 10.1. The van der Waals surface area contributed by atoms with E-state index in [4.69, 9.17) is 21.6 Å². The SMILES string of the molecule is CC.N#CCOc1ccc(Cl)cc1. The minimum Gasteiger partial charge on any atom is -0.479 e. The summed E-state index contributed by atoms with van der Waals surface area (Å²) >= 11 is 5.63. The summed E-state index contributed by atoms with van der Waals surface area (Å²) in [5, 5.41) is 8.84. The first kappa shape index (κ1) is 11.8. The molecule has 0 radical (unpaired) electrons. The van der Waals surface area contributed by atoms with Crippen LogP contribution in [0.5, 0.6) is 5.75 Å². The molecular weight excluding hydrogens is 186 g/mol. The number of ether oxygens (including phenoxy) is 1. The first-order valence-corrected chi connectivity index (χ1v) is 4.46. The number of rotatable bonds is 2. The zero-order valence-corrected chi connectivity index (χ0v) is 8.51. The molecule has 0 N–H and O–H groups in total. The maximum atomic E-state index is 8.18. The third kappa shape index (κ3) is 5.10. The largest absolute Gasteiger partial charge is 0.479 e. The topological polar surface area (TPSA) is 33.0 Å². The van der Waals surface area contributed by atoms with Crippen LogP contribution in [-0.2, 0) is 0 Å². The Morgan fingerprint density at radius 2 is 1.85 bits per heavy atom. The summed E-state index contributed by atoms with van der Waals surface area (Å²) in [4.78, 5) is 0. The Morgan fingerprint density at radius 3 is 2.31 bits per heavy atom. The number of halogens is 1. The lowest BCUT2D eigenvalue weighted by Crippen LogP contribution is -1.92. The van der Waals surface area contributed by atoms with E-state index in [1.165, 1.54) is 0 Å². The minimum absolute atomic E-state index is 0.0711. The smallest absolute Gasteiger partial charge is 0.174 e. The van der Waals surface area contributed by atoms with Crippen molar-refractivity contribution < 1.29 is 4.74 Å². The van der Waals surface area contributed by atoms with Crippen molar-refractivity contribution >= 4 is 11.6 Å². The highest BCUT2D eigenvalue weighted by Crippen LogP contribution is 2.14. The summed E-state index contributed by atoms with van der Waals surface area (Å²) in [6.07, 6.45) is 0. The molecule has 0 unspecified atom stereocenters. The van der Waals surface area contributed by atoms with Crippen molar-refractivity contribution in [3.05, 3.63) is 29.3 Å². The monoisotopic (exact) mass is 197 g/mol. The highest BCUT2D eigenvalue weighted by atomic mass is 35.5. The van der Waals surface area contributed by atoms with Gasteiger partial charge in [-0.15, -0.1) is 0 Å². The molecule has 0 aliphatic carbocycles. The highest BCUT2D eigenvalue weighted by Gasteiger charge is 1.90. The van der Waals surface area contributed by atoms with Crippen LogP contribution in [0.2, 0.25) is 5.02 Å². The van der Waals surface area contributed by atoms with E-state index < -0.39 is 0 Å². The molecule has 2 nitrogen and oxygen atoms in total. The van der Waals surface area contributed by atoms with Crippen molar-refractivity contribution in [2.75, 3.05) is 6.61 Å². The van der Waals surface area contributed by atoms with Crippen molar-refractivity contribution in [2.45, 2.75) is 13.8 Å². The Bertz CT molecular complexity index is 263. The van der Waals surface area contributed by atoms with Crippen LogP contribution in [0.15, 0.2) is 24.3 Å². The van der Waals surface area contributed by atoms with Gasteiger partial charge in [0.25, 0.3) is 0 Å². The number of benzene rings is 1. The van der Waals surface area contributed by atoms with Crippen LogP contribution < -0.4 is 4.74 Å². The predicted octanol–water partition coefficient (Wildman–Crippen LogP) is 3.27. The lowest BCUT2D eigenvalue weighted by molar-refractivity contribution is 0.368. The fraction of sp³-hybridized carbons (Fsp3) is 0.300. The number of hydrogen-bond acceptors (Lipinski definition) is 2. The molecule has 1 aromatic rings. The second-order valence-corrected chi connectivity index (χ2v) is 2.34. The molecule has 70 valence electrons. The highest BCUT2D eigenvalue weighted by molar-refractivity contribution is 6.30. The molecule has 0 aliphatic heterocycles. The van der Waals surface area contributed by atoms with Gasteiger partial charge >= 0.3 is 0 Å². The van der Waals surface area contributed by atoms with Gasteiger partial charge in [-0.25, -0.2) is 0 Å². The van der Waals surface area contributed by atoms with Crippen LogP contribution in [0.3, 0.4) is 0 Å². The Labute approximate surface area is 83.7 Å². The van der Waals surface area contributed by atoms with Gasteiger partial charge in [0.2, 0.25) is 0 Å². The normalized spacial score (nSPS) is 7.85. The van der Waals surface area contributed by atoms with Gasteiger partial charge in [0.05, 0.1) is 0 Å². The first-order chi connectivity index (χ1) is 6.33. The maximum Gasteiger partial charge on any atom is 0.174 e. The molecule has 0 atom stereocenters. The van der Waals surface area contributed by atoms with E-state index in [1.807, 2.05) is 19.9 Å². The van der Waals surface area contributed by atoms with Gasteiger partial charge in [0, 0.05) is 5.02 Å². The lowest BCUT2D eigenvalue weighted by atomic mass is 10.3. The summed E-state index contributed by atoms with van der Waals surface area (Å²) in [6.45, 7) is 4.07. The van der Waals surface area contributed by atoms with Crippen LogP contribution in [-0.4, -0.2) is 6.61 Å². The molecule has 0 spiro atoms. The van der Waals surface area contributed by atoms with Crippen LogP contribution in [0.25, 0.3) is 0 Å². The van der Waals surface area contributed by atoms with Gasteiger partial charge in [-0.1, -0.05) is 25.4 Å². The van der Waals surface area contributed by atoms with Gasteiger partial charge in [0.15, 0.2) is 6.61 Å². The summed E-state index contributed by atoms with van der Waals surface area (Å²) < 4.78 is 4.99. The zero-order valence-electron chi connectivity index (χ0n) is 7.75. The van der Waals surface area contributed by atoms with Gasteiger partial charge in [-0.05, 0) is 24.3 Å². The van der Waals surface area contributed by atoms with E-state index in [1.54, 1.807) is 24.3 Å². The van der Waals surface area contributed by atoms with Crippen LogP contribution in [0, 0.1) is 11.3 Å². The molecule has 0 fully saturated rings. The first-order valence-electron chi connectivity index (χ1n) is 4.08. The van der Waals surface area contributed by atoms with Crippen molar-refractivity contribution in [2.24, 2.45) is 0 Å². The Morgan fingerprint density at radius 1 is 1.31 bits per heavy atom. The number of nitrogens with zero attached hydrogens (tertiary/aromatic N) is 1. The number of hydrogen-bond donors (Lipinski definition) is 0. The summed E-state index contributed by atoms with van der Waals surface area (Å²) in [5.74, 6) is 0.663. The Balaban J connectivity index is 0.000000671. The molecule has 0 saturated carbocycles. The molecule has 0 amide bonds. The van der Waals surface area contributed by atoms with Crippen LogP contribution in [0.4, 0.5) is 0 Å². The summed E-state index contributed by atoms with van der Waals surface area (Å²) in [7, 11) is 0. The van der Waals surface area contributed by atoms with Gasteiger partial charge in [-0.2, -0.15) is 5.26 Å². The molecular formula is C10H12ClNO. The average Bonchev–Trinajstić information content (AvgIpc) is 2.20. The maximum absolute atomic E-state index is 8.18. The molecule has 1 rings (SSSR count). The molecule has 13 heavy (non-hydrogen) atoms.